The summed E-state index contributed by atoms with van der Waals surface area (Å²) in [5.41, 5.74) is 1.37. The van der Waals surface area contributed by atoms with Gasteiger partial charge in [0.25, 0.3) is 11.8 Å². The van der Waals surface area contributed by atoms with Crippen LogP contribution in [0.1, 0.15) is 20.8 Å². The normalized spacial score (nSPS) is 9.74. The highest BCUT2D eigenvalue weighted by molar-refractivity contribution is 6.03. The van der Waals surface area contributed by atoms with Crippen molar-refractivity contribution in [1.82, 2.24) is 10.3 Å². The van der Waals surface area contributed by atoms with Gasteiger partial charge in [0.2, 0.25) is 0 Å². The minimum atomic E-state index is -0.311. The fourth-order valence-electron chi connectivity index (χ4n) is 1.57. The van der Waals surface area contributed by atoms with E-state index in [0.29, 0.717) is 16.9 Å². The average molecular weight is 255 g/mol. The Labute approximate surface area is 110 Å². The van der Waals surface area contributed by atoms with E-state index < -0.39 is 0 Å². The predicted molar refractivity (Wildman–Crippen MR) is 72.0 cm³/mol. The number of carbonyl (C=O) groups excluding carboxylic acids is 2. The number of aromatic nitrogens is 1. The highest BCUT2D eigenvalue weighted by atomic mass is 16.2. The van der Waals surface area contributed by atoms with Crippen LogP contribution >= 0.6 is 0 Å². The van der Waals surface area contributed by atoms with Gasteiger partial charge in [-0.3, -0.25) is 14.6 Å². The van der Waals surface area contributed by atoms with E-state index in [4.69, 9.17) is 0 Å². The third kappa shape index (κ3) is 3.16. The maximum Gasteiger partial charge on any atom is 0.274 e. The molecule has 1 aromatic heterocycles. The molecule has 0 saturated carbocycles. The smallest absolute Gasteiger partial charge is 0.274 e. The van der Waals surface area contributed by atoms with Crippen molar-refractivity contribution < 1.29 is 9.59 Å². The topological polar surface area (TPSA) is 71.1 Å². The summed E-state index contributed by atoms with van der Waals surface area (Å²) in [6.07, 6.45) is 1.55. The number of pyridine rings is 1. The van der Waals surface area contributed by atoms with Crippen molar-refractivity contribution in [3.8, 4) is 0 Å². The zero-order valence-corrected chi connectivity index (χ0v) is 10.4. The van der Waals surface area contributed by atoms with Gasteiger partial charge in [0.05, 0.1) is 0 Å². The summed E-state index contributed by atoms with van der Waals surface area (Å²) in [5, 5.41) is 5.23. The van der Waals surface area contributed by atoms with Crippen molar-refractivity contribution in [2.45, 2.75) is 0 Å². The standard InChI is InChI=1S/C14H13N3O2/c1-15-13(18)10-5-4-6-11(9-10)17-14(19)12-7-2-3-8-16-12/h2-9H,1H3,(H,15,18)(H,17,19). The van der Waals surface area contributed by atoms with Gasteiger partial charge in [-0.1, -0.05) is 12.1 Å². The van der Waals surface area contributed by atoms with E-state index in [1.165, 1.54) is 0 Å². The van der Waals surface area contributed by atoms with E-state index in [1.54, 1.807) is 55.7 Å². The van der Waals surface area contributed by atoms with Crippen LogP contribution in [0.5, 0.6) is 0 Å². The van der Waals surface area contributed by atoms with Crippen molar-refractivity contribution in [3.63, 3.8) is 0 Å². The highest BCUT2D eigenvalue weighted by Gasteiger charge is 2.08. The number of amides is 2. The molecule has 19 heavy (non-hydrogen) atoms. The Morgan fingerprint density at radius 2 is 1.89 bits per heavy atom. The van der Waals surface area contributed by atoms with Crippen LogP contribution < -0.4 is 10.6 Å². The molecule has 0 radical (unpaired) electrons. The second-order valence-electron chi connectivity index (χ2n) is 3.83. The van der Waals surface area contributed by atoms with E-state index in [1.807, 2.05) is 0 Å². The molecule has 5 nitrogen and oxygen atoms in total. The van der Waals surface area contributed by atoms with E-state index in [-0.39, 0.29) is 11.8 Å². The summed E-state index contributed by atoms with van der Waals surface area (Å²) < 4.78 is 0. The molecule has 1 aromatic carbocycles. The molecule has 0 aliphatic heterocycles. The molecule has 1 heterocycles. The van der Waals surface area contributed by atoms with Crippen LogP contribution in [0.15, 0.2) is 48.7 Å². The Morgan fingerprint density at radius 3 is 2.58 bits per heavy atom. The van der Waals surface area contributed by atoms with Crippen LogP contribution in [0, 0.1) is 0 Å². The molecule has 0 atom stereocenters. The zero-order chi connectivity index (χ0) is 13.7. The molecule has 2 aromatic rings. The van der Waals surface area contributed by atoms with Crippen molar-refractivity contribution >= 4 is 17.5 Å². The molecule has 2 N–H and O–H groups in total. The maximum absolute atomic E-state index is 11.9. The number of anilines is 1. The number of carbonyl (C=O) groups is 2. The molecule has 0 fully saturated rings. The van der Waals surface area contributed by atoms with Crippen molar-refractivity contribution in [2.75, 3.05) is 12.4 Å². The average Bonchev–Trinajstić information content (AvgIpc) is 2.47. The van der Waals surface area contributed by atoms with Crippen molar-refractivity contribution in [3.05, 3.63) is 59.9 Å². The third-order valence-corrected chi connectivity index (χ3v) is 2.51. The summed E-state index contributed by atoms with van der Waals surface area (Å²) in [4.78, 5) is 27.3. The molecule has 5 heteroatoms. The van der Waals surface area contributed by atoms with E-state index in [2.05, 4.69) is 15.6 Å². The third-order valence-electron chi connectivity index (χ3n) is 2.51. The molecule has 0 aliphatic carbocycles. The zero-order valence-electron chi connectivity index (χ0n) is 10.4. The molecule has 0 saturated heterocycles. The summed E-state index contributed by atoms with van der Waals surface area (Å²) in [6.45, 7) is 0. The van der Waals surface area contributed by atoms with Crippen LogP contribution in [0.3, 0.4) is 0 Å². The Kier molecular flexibility index (Phi) is 3.87. The highest BCUT2D eigenvalue weighted by Crippen LogP contribution is 2.11. The van der Waals surface area contributed by atoms with Gasteiger partial charge in [-0.25, -0.2) is 0 Å². The van der Waals surface area contributed by atoms with Gasteiger partial charge < -0.3 is 10.6 Å². The maximum atomic E-state index is 11.9. The second-order valence-corrected chi connectivity index (χ2v) is 3.83. The Balaban J connectivity index is 2.16. The van der Waals surface area contributed by atoms with Gasteiger partial charge >= 0.3 is 0 Å². The minimum Gasteiger partial charge on any atom is -0.355 e. The molecule has 96 valence electrons. The number of hydrogen-bond acceptors (Lipinski definition) is 3. The van der Waals surface area contributed by atoms with E-state index in [9.17, 15) is 9.59 Å². The van der Waals surface area contributed by atoms with Crippen LogP contribution in [0.2, 0.25) is 0 Å². The van der Waals surface area contributed by atoms with Gasteiger partial charge in [0.1, 0.15) is 5.69 Å². The Morgan fingerprint density at radius 1 is 1.05 bits per heavy atom. The molecular formula is C14H13N3O2. The fraction of sp³-hybridized carbons (Fsp3) is 0.0714. The number of benzene rings is 1. The van der Waals surface area contributed by atoms with Crippen LogP contribution in [-0.4, -0.2) is 23.8 Å². The molecule has 2 rings (SSSR count). The summed E-state index contributed by atoms with van der Waals surface area (Å²) >= 11 is 0. The number of hydrogen-bond donors (Lipinski definition) is 2. The molecule has 0 aliphatic rings. The minimum absolute atomic E-state index is 0.200. The molecule has 0 spiro atoms. The molecule has 0 bridgehead atoms. The van der Waals surface area contributed by atoms with Crippen molar-refractivity contribution in [2.24, 2.45) is 0 Å². The summed E-state index contributed by atoms with van der Waals surface area (Å²) in [5.74, 6) is -0.511. The summed E-state index contributed by atoms with van der Waals surface area (Å²) in [7, 11) is 1.56. The number of nitrogens with zero attached hydrogens (tertiary/aromatic N) is 1. The Bertz CT molecular complexity index is 597. The van der Waals surface area contributed by atoms with E-state index >= 15 is 0 Å². The largest absolute Gasteiger partial charge is 0.355 e. The fourth-order valence-corrected chi connectivity index (χ4v) is 1.57. The lowest BCUT2D eigenvalue weighted by molar-refractivity contribution is 0.0961. The molecule has 0 unspecified atom stereocenters. The first-order valence-electron chi connectivity index (χ1n) is 5.75. The lowest BCUT2D eigenvalue weighted by Crippen LogP contribution is -2.18. The predicted octanol–water partition coefficient (Wildman–Crippen LogP) is 1.69. The monoisotopic (exact) mass is 255 g/mol. The summed E-state index contributed by atoms with van der Waals surface area (Å²) in [6, 6.07) is 11.8. The van der Waals surface area contributed by atoms with E-state index in [0.717, 1.165) is 0 Å². The molecular weight excluding hydrogens is 242 g/mol. The van der Waals surface area contributed by atoms with Gasteiger partial charge in [0.15, 0.2) is 0 Å². The first-order valence-corrected chi connectivity index (χ1v) is 5.75. The van der Waals surface area contributed by atoms with Gasteiger partial charge in [-0.05, 0) is 30.3 Å². The lowest BCUT2D eigenvalue weighted by Gasteiger charge is -2.06. The van der Waals surface area contributed by atoms with Crippen LogP contribution in [-0.2, 0) is 0 Å². The van der Waals surface area contributed by atoms with Crippen LogP contribution in [0.25, 0.3) is 0 Å². The van der Waals surface area contributed by atoms with Gasteiger partial charge in [0, 0.05) is 24.5 Å². The van der Waals surface area contributed by atoms with Gasteiger partial charge in [-0.2, -0.15) is 0 Å². The number of nitrogens with one attached hydrogen (secondary N) is 2. The molecule has 2 amide bonds. The second kappa shape index (κ2) is 5.77. The first kappa shape index (κ1) is 12.8. The SMILES string of the molecule is CNC(=O)c1cccc(NC(=O)c2ccccn2)c1. The van der Waals surface area contributed by atoms with Gasteiger partial charge in [-0.15, -0.1) is 0 Å². The van der Waals surface area contributed by atoms with Crippen molar-refractivity contribution in [1.29, 1.82) is 0 Å². The quantitative estimate of drug-likeness (QED) is 0.876. The first-order chi connectivity index (χ1) is 9.20. The Hall–Kier alpha value is -2.69. The lowest BCUT2D eigenvalue weighted by atomic mass is 10.2. The number of rotatable bonds is 3. The van der Waals surface area contributed by atoms with Crippen LogP contribution in [0.4, 0.5) is 5.69 Å².